The van der Waals surface area contributed by atoms with E-state index in [9.17, 15) is 4.79 Å². The molecule has 1 fully saturated rings. The number of ether oxygens (including phenoxy) is 1. The molecular formula is C15H19N3O2. The third-order valence-corrected chi connectivity index (χ3v) is 3.81. The van der Waals surface area contributed by atoms with Gasteiger partial charge in [0, 0.05) is 37.3 Å². The predicted octanol–water partition coefficient (Wildman–Crippen LogP) is 1.93. The lowest BCUT2D eigenvalue weighted by molar-refractivity contribution is 0.0459. The number of hydrogen-bond donors (Lipinski definition) is 1. The normalized spacial score (nSPS) is 16.8. The average molecular weight is 273 g/mol. The lowest BCUT2D eigenvalue weighted by Crippen LogP contribution is -2.37. The fourth-order valence-corrected chi connectivity index (χ4v) is 2.85. The number of anilines is 1. The monoisotopic (exact) mass is 273 g/mol. The van der Waals surface area contributed by atoms with Crippen molar-refractivity contribution in [2.45, 2.75) is 25.9 Å². The number of hydrogen-bond acceptors (Lipinski definition) is 4. The molecule has 0 amide bonds. The minimum absolute atomic E-state index is 0.0765. The van der Waals surface area contributed by atoms with Gasteiger partial charge in [-0.15, -0.1) is 0 Å². The first-order chi connectivity index (χ1) is 9.78. The maximum Gasteiger partial charge on any atom is 0.250 e. The van der Waals surface area contributed by atoms with Gasteiger partial charge in [0.2, 0.25) is 0 Å². The summed E-state index contributed by atoms with van der Waals surface area (Å²) in [4.78, 5) is 20.9. The molecule has 1 aliphatic heterocycles. The van der Waals surface area contributed by atoms with Crippen molar-refractivity contribution in [2.75, 3.05) is 24.6 Å². The van der Waals surface area contributed by atoms with E-state index in [1.165, 1.54) is 0 Å². The van der Waals surface area contributed by atoms with Crippen molar-refractivity contribution in [2.24, 2.45) is 0 Å². The van der Waals surface area contributed by atoms with Crippen molar-refractivity contribution < 1.29 is 4.74 Å². The van der Waals surface area contributed by atoms with E-state index in [1.807, 2.05) is 13.0 Å². The van der Waals surface area contributed by atoms with Crippen LogP contribution < -0.4 is 10.5 Å². The second kappa shape index (κ2) is 5.63. The van der Waals surface area contributed by atoms with Gasteiger partial charge in [0.15, 0.2) is 0 Å². The van der Waals surface area contributed by atoms with Crippen molar-refractivity contribution in [3.8, 4) is 0 Å². The van der Waals surface area contributed by atoms with Gasteiger partial charge in [-0.05, 0) is 25.8 Å². The number of rotatable bonds is 3. The number of piperidine rings is 1. The van der Waals surface area contributed by atoms with Crippen LogP contribution in [0.25, 0.3) is 10.9 Å². The topological polar surface area (TPSA) is 58.2 Å². The molecule has 106 valence electrons. The molecular weight excluding hydrogens is 254 g/mol. The first-order valence-electron chi connectivity index (χ1n) is 7.11. The molecule has 5 nitrogen and oxygen atoms in total. The van der Waals surface area contributed by atoms with Crippen molar-refractivity contribution in [1.29, 1.82) is 0 Å². The van der Waals surface area contributed by atoms with Crippen LogP contribution in [-0.4, -0.2) is 35.8 Å². The van der Waals surface area contributed by atoms with Gasteiger partial charge >= 0.3 is 0 Å². The highest BCUT2D eigenvalue weighted by molar-refractivity contribution is 5.90. The Morgan fingerprint density at radius 2 is 2.25 bits per heavy atom. The van der Waals surface area contributed by atoms with Gasteiger partial charge in [-0.2, -0.15) is 0 Å². The summed E-state index contributed by atoms with van der Waals surface area (Å²) < 4.78 is 5.67. The molecule has 5 heteroatoms. The van der Waals surface area contributed by atoms with Gasteiger partial charge in [0.05, 0.1) is 23.5 Å². The molecule has 0 aliphatic carbocycles. The lowest BCUT2D eigenvalue weighted by atomic mass is 10.1. The summed E-state index contributed by atoms with van der Waals surface area (Å²) in [6.07, 6.45) is 5.83. The van der Waals surface area contributed by atoms with E-state index in [2.05, 4.69) is 14.9 Å². The molecule has 3 rings (SSSR count). The Labute approximate surface area is 117 Å². The standard InChI is InChI=1S/C15H19N3O2/c1-2-20-11-4-7-18(8-5-11)14-9-15(19)17-13-10-16-6-3-12(13)14/h3,6,9-11H,2,4-5,7-8H2,1H3,(H,17,19). The molecule has 0 bridgehead atoms. The molecule has 1 aliphatic rings. The van der Waals surface area contributed by atoms with Gasteiger partial charge < -0.3 is 14.6 Å². The van der Waals surface area contributed by atoms with Crippen LogP contribution in [-0.2, 0) is 4.74 Å². The van der Waals surface area contributed by atoms with Gasteiger partial charge in [-0.25, -0.2) is 0 Å². The zero-order valence-electron chi connectivity index (χ0n) is 11.6. The molecule has 0 atom stereocenters. The Balaban J connectivity index is 1.89. The summed E-state index contributed by atoms with van der Waals surface area (Å²) >= 11 is 0. The van der Waals surface area contributed by atoms with Crippen LogP contribution in [0.5, 0.6) is 0 Å². The Morgan fingerprint density at radius 3 is 3.00 bits per heavy atom. The molecule has 1 saturated heterocycles. The van der Waals surface area contributed by atoms with Crippen LogP contribution in [0.3, 0.4) is 0 Å². The Bertz CT molecular complexity index is 645. The van der Waals surface area contributed by atoms with Crippen molar-refractivity contribution >= 4 is 16.6 Å². The van der Waals surface area contributed by atoms with E-state index in [0.717, 1.165) is 49.1 Å². The number of aromatic nitrogens is 2. The smallest absolute Gasteiger partial charge is 0.250 e. The Morgan fingerprint density at radius 1 is 1.45 bits per heavy atom. The Kier molecular flexibility index (Phi) is 3.69. The number of pyridine rings is 2. The minimum Gasteiger partial charge on any atom is -0.378 e. The predicted molar refractivity (Wildman–Crippen MR) is 79.2 cm³/mol. The SMILES string of the molecule is CCOC1CCN(c2cc(=O)[nH]c3cnccc23)CC1. The molecule has 0 saturated carbocycles. The molecule has 1 N–H and O–H groups in total. The highest BCUT2D eigenvalue weighted by Crippen LogP contribution is 2.26. The maximum absolute atomic E-state index is 11.8. The maximum atomic E-state index is 11.8. The third kappa shape index (κ3) is 2.54. The molecule has 20 heavy (non-hydrogen) atoms. The van der Waals surface area contributed by atoms with Gasteiger partial charge in [0.25, 0.3) is 5.56 Å². The molecule has 2 aromatic rings. The van der Waals surface area contributed by atoms with E-state index in [-0.39, 0.29) is 5.56 Å². The van der Waals surface area contributed by atoms with Gasteiger partial charge in [-0.3, -0.25) is 9.78 Å². The van der Waals surface area contributed by atoms with E-state index in [4.69, 9.17) is 4.74 Å². The van der Waals surface area contributed by atoms with Crippen molar-refractivity contribution in [3.05, 3.63) is 34.9 Å². The van der Waals surface area contributed by atoms with Crippen LogP contribution in [0.1, 0.15) is 19.8 Å². The van der Waals surface area contributed by atoms with Crippen LogP contribution in [0.15, 0.2) is 29.3 Å². The summed E-state index contributed by atoms with van der Waals surface area (Å²) in [5.41, 5.74) is 1.72. The van der Waals surface area contributed by atoms with Crippen LogP contribution in [0.2, 0.25) is 0 Å². The van der Waals surface area contributed by atoms with Crippen LogP contribution in [0.4, 0.5) is 5.69 Å². The number of fused-ring (bicyclic) bond motifs is 1. The van der Waals surface area contributed by atoms with Crippen molar-refractivity contribution in [3.63, 3.8) is 0 Å². The number of nitrogens with one attached hydrogen (secondary N) is 1. The first-order valence-corrected chi connectivity index (χ1v) is 7.11. The largest absolute Gasteiger partial charge is 0.378 e. The average Bonchev–Trinajstić information content (AvgIpc) is 2.47. The van der Waals surface area contributed by atoms with Crippen molar-refractivity contribution in [1.82, 2.24) is 9.97 Å². The molecule has 0 spiro atoms. The highest BCUT2D eigenvalue weighted by atomic mass is 16.5. The number of H-pyrrole nitrogens is 1. The Hall–Kier alpha value is -1.88. The summed E-state index contributed by atoms with van der Waals surface area (Å²) in [6, 6.07) is 3.64. The molecule has 0 radical (unpaired) electrons. The summed E-state index contributed by atoms with van der Waals surface area (Å²) in [5, 5.41) is 1.05. The number of nitrogens with zero attached hydrogens (tertiary/aromatic N) is 2. The third-order valence-electron chi connectivity index (χ3n) is 3.81. The minimum atomic E-state index is -0.0765. The second-order valence-corrected chi connectivity index (χ2v) is 5.08. The quantitative estimate of drug-likeness (QED) is 0.928. The second-order valence-electron chi connectivity index (χ2n) is 5.08. The summed E-state index contributed by atoms with van der Waals surface area (Å²) in [7, 11) is 0. The van der Waals surface area contributed by atoms with Crippen LogP contribution in [0, 0.1) is 0 Å². The zero-order valence-corrected chi connectivity index (χ0v) is 11.6. The van der Waals surface area contributed by atoms with E-state index < -0.39 is 0 Å². The number of aromatic amines is 1. The highest BCUT2D eigenvalue weighted by Gasteiger charge is 2.21. The zero-order chi connectivity index (χ0) is 13.9. The first kappa shape index (κ1) is 13.1. The van der Waals surface area contributed by atoms with Gasteiger partial charge in [0.1, 0.15) is 0 Å². The lowest BCUT2D eigenvalue weighted by Gasteiger charge is -2.33. The summed E-state index contributed by atoms with van der Waals surface area (Å²) in [5.74, 6) is 0. The fraction of sp³-hybridized carbons (Fsp3) is 0.467. The van der Waals surface area contributed by atoms with E-state index in [0.29, 0.717) is 6.10 Å². The molecule has 0 unspecified atom stereocenters. The molecule has 3 heterocycles. The fourth-order valence-electron chi connectivity index (χ4n) is 2.85. The van der Waals surface area contributed by atoms with Crippen LogP contribution >= 0.6 is 0 Å². The van der Waals surface area contributed by atoms with E-state index >= 15 is 0 Å². The molecule has 2 aromatic heterocycles. The van der Waals surface area contributed by atoms with E-state index in [1.54, 1.807) is 18.5 Å². The summed E-state index contributed by atoms with van der Waals surface area (Å²) in [6.45, 7) is 4.64. The van der Waals surface area contributed by atoms with Gasteiger partial charge in [-0.1, -0.05) is 0 Å². The molecule has 0 aromatic carbocycles.